The Bertz CT molecular complexity index is 477. The zero-order valence-electron chi connectivity index (χ0n) is 20.0. The number of esters is 2. The molecule has 0 N–H and O–H groups in total. The van der Waals surface area contributed by atoms with E-state index in [1.165, 1.54) is 62.3 Å². The zero-order chi connectivity index (χ0) is 22.1. The second-order valence-corrected chi connectivity index (χ2v) is 21.9. The van der Waals surface area contributed by atoms with Crippen LogP contribution < -0.4 is 0 Å². The summed E-state index contributed by atoms with van der Waals surface area (Å²) in [4.78, 5) is 23.9. The molecule has 0 aliphatic carbocycles. The van der Waals surface area contributed by atoms with E-state index in [4.69, 9.17) is 9.47 Å². The summed E-state index contributed by atoms with van der Waals surface area (Å²) in [7, 11) is 0. The van der Waals surface area contributed by atoms with E-state index >= 15 is 0 Å². The van der Waals surface area contributed by atoms with E-state index in [-0.39, 0.29) is 11.9 Å². The summed E-state index contributed by atoms with van der Waals surface area (Å²) < 4.78 is 16.1. The molecule has 0 amide bonds. The summed E-state index contributed by atoms with van der Waals surface area (Å²) in [5.41, 5.74) is 0.953. The van der Waals surface area contributed by atoms with Crippen LogP contribution in [0, 0.1) is 0 Å². The number of carbonyl (C=O) groups excluding carboxylic acids is 2. The van der Waals surface area contributed by atoms with E-state index in [0.29, 0.717) is 13.2 Å². The number of ether oxygens (including phenoxy) is 2. The third-order valence-electron chi connectivity index (χ3n) is 5.92. The summed E-state index contributed by atoms with van der Waals surface area (Å²) in [5, 5.41) is 0. The average Bonchev–Trinajstić information content (AvgIpc) is 2.70. The number of unbranched alkanes of at least 4 members (excludes halogenated alkanes) is 4. The van der Waals surface area contributed by atoms with Crippen molar-refractivity contribution in [3.8, 4) is 0 Å². The Kier molecular flexibility index (Phi) is 16.9. The van der Waals surface area contributed by atoms with Crippen molar-refractivity contribution >= 4 is 30.3 Å². The van der Waals surface area contributed by atoms with E-state index in [9.17, 15) is 9.59 Å². The molecule has 0 heterocycles. The van der Waals surface area contributed by atoms with Crippen molar-refractivity contribution in [3.63, 3.8) is 0 Å². The van der Waals surface area contributed by atoms with Crippen molar-refractivity contribution in [1.82, 2.24) is 0 Å². The van der Waals surface area contributed by atoms with Gasteiger partial charge in [0.1, 0.15) is 0 Å². The molecule has 0 radical (unpaired) electrons. The molecule has 29 heavy (non-hydrogen) atoms. The number of allylic oxidation sites excluding steroid dienone is 1. The molecule has 0 saturated carbocycles. The topological polar surface area (TPSA) is 52.6 Å². The molecule has 0 atom stereocenters. The first kappa shape index (κ1) is 28.5. The summed E-state index contributed by atoms with van der Waals surface area (Å²) in [5.74, 6) is -0.348. The van der Waals surface area contributed by atoms with Crippen LogP contribution in [0.15, 0.2) is 9.16 Å². The Labute approximate surface area is 184 Å². The molecule has 0 aliphatic heterocycles. The Morgan fingerprint density at radius 1 is 0.724 bits per heavy atom. The van der Waals surface area contributed by atoms with Gasteiger partial charge in [-0.2, -0.15) is 0 Å². The van der Waals surface area contributed by atoms with Crippen LogP contribution in [-0.2, 0) is 19.1 Å². The molecule has 0 aromatic heterocycles. The van der Waals surface area contributed by atoms with E-state index in [2.05, 4.69) is 27.7 Å². The molecule has 0 aromatic carbocycles. The van der Waals surface area contributed by atoms with Gasteiger partial charge in [0.15, 0.2) is 0 Å². The van der Waals surface area contributed by atoms with Gasteiger partial charge < -0.3 is 0 Å². The fourth-order valence-corrected chi connectivity index (χ4v) is 20.7. The van der Waals surface area contributed by atoms with Gasteiger partial charge in [0.2, 0.25) is 0 Å². The second kappa shape index (κ2) is 17.2. The van der Waals surface area contributed by atoms with Gasteiger partial charge in [-0.25, -0.2) is 0 Å². The third-order valence-corrected chi connectivity index (χ3v) is 22.5. The quantitative estimate of drug-likeness (QED) is 0.0904. The standard InChI is InChI=1S/C12H19O4.3C4H9.Sn/c1-4-11(12(14)15-5-2)8-6-7-9-16-10(3)13;3*1-3-4-2;/h5-9H2,1-3H3;3*1,3-4H2,2H3;. The van der Waals surface area contributed by atoms with Gasteiger partial charge in [0.05, 0.1) is 0 Å². The maximum atomic E-state index is 12.9. The molecule has 0 aromatic rings. The van der Waals surface area contributed by atoms with Gasteiger partial charge in [0.25, 0.3) is 0 Å². The average molecular weight is 517 g/mol. The van der Waals surface area contributed by atoms with Crippen LogP contribution in [0.1, 0.15) is 99.3 Å². The van der Waals surface area contributed by atoms with Crippen molar-refractivity contribution in [2.75, 3.05) is 13.2 Å². The van der Waals surface area contributed by atoms with Gasteiger partial charge in [-0.3, -0.25) is 0 Å². The fourth-order valence-electron chi connectivity index (χ4n) is 4.08. The minimum absolute atomic E-state index is 0.108. The second-order valence-electron chi connectivity index (χ2n) is 8.21. The van der Waals surface area contributed by atoms with Crippen LogP contribution >= 0.6 is 0 Å². The number of hydrogen-bond donors (Lipinski definition) is 0. The van der Waals surface area contributed by atoms with Crippen LogP contribution in [0.4, 0.5) is 0 Å². The Balaban J connectivity index is 5.75. The van der Waals surface area contributed by atoms with Crippen LogP contribution in [0.2, 0.25) is 13.3 Å². The fraction of sp³-hybridized carbons (Fsp3) is 0.833. The molecule has 0 spiro atoms. The minimum atomic E-state index is -2.63. The van der Waals surface area contributed by atoms with Gasteiger partial charge in [-0.05, 0) is 0 Å². The van der Waals surface area contributed by atoms with Gasteiger partial charge in [0, 0.05) is 0 Å². The molecular formula is C24H46O4Sn. The molecule has 4 nitrogen and oxygen atoms in total. The van der Waals surface area contributed by atoms with Crippen LogP contribution in [-0.4, -0.2) is 43.5 Å². The molecule has 0 rings (SSSR count). The number of rotatable bonds is 17. The first-order valence-electron chi connectivity index (χ1n) is 11.9. The SMILES string of the molecule is CCC[CH2][Sn]([CH2]CCC)([CH2]CCC)/[C](C)=C(/CCCCOC(C)=O)C(=O)OCC. The molecule has 0 fully saturated rings. The van der Waals surface area contributed by atoms with Crippen LogP contribution in [0.5, 0.6) is 0 Å². The Hall–Kier alpha value is -0.521. The number of carbonyl (C=O) groups is 2. The number of hydrogen-bond acceptors (Lipinski definition) is 4. The summed E-state index contributed by atoms with van der Waals surface area (Å²) in [6, 6.07) is 0. The van der Waals surface area contributed by atoms with Crippen molar-refractivity contribution in [2.45, 2.75) is 113 Å². The molecule has 0 aliphatic rings. The molecular weight excluding hydrogens is 471 g/mol. The van der Waals surface area contributed by atoms with Crippen molar-refractivity contribution in [2.24, 2.45) is 0 Å². The van der Waals surface area contributed by atoms with E-state index in [0.717, 1.165) is 24.8 Å². The normalized spacial score (nSPS) is 12.5. The first-order chi connectivity index (χ1) is 13.9. The van der Waals surface area contributed by atoms with Crippen LogP contribution in [0.25, 0.3) is 0 Å². The van der Waals surface area contributed by atoms with Crippen molar-refractivity contribution in [3.05, 3.63) is 9.16 Å². The molecule has 5 heteroatoms. The first-order valence-corrected chi connectivity index (χ1v) is 19.4. The van der Waals surface area contributed by atoms with Gasteiger partial charge in [-0.15, -0.1) is 0 Å². The predicted octanol–water partition coefficient (Wildman–Crippen LogP) is 6.99. The summed E-state index contributed by atoms with van der Waals surface area (Å²) in [6.07, 6.45) is 9.91. The zero-order valence-corrected chi connectivity index (χ0v) is 22.9. The Morgan fingerprint density at radius 3 is 1.66 bits per heavy atom. The maximum absolute atomic E-state index is 12.9. The Morgan fingerprint density at radius 2 is 1.24 bits per heavy atom. The van der Waals surface area contributed by atoms with Crippen molar-refractivity contribution < 1.29 is 19.1 Å². The van der Waals surface area contributed by atoms with Gasteiger partial charge >= 0.3 is 184 Å². The molecule has 0 saturated heterocycles. The predicted molar refractivity (Wildman–Crippen MR) is 125 cm³/mol. The summed E-state index contributed by atoms with van der Waals surface area (Å²) in [6.45, 7) is 13.3. The monoisotopic (exact) mass is 518 g/mol. The van der Waals surface area contributed by atoms with Crippen molar-refractivity contribution in [1.29, 1.82) is 0 Å². The van der Waals surface area contributed by atoms with Crippen LogP contribution in [0.3, 0.4) is 0 Å². The molecule has 170 valence electrons. The van der Waals surface area contributed by atoms with E-state index < -0.39 is 18.4 Å². The van der Waals surface area contributed by atoms with E-state index in [1.807, 2.05) is 6.92 Å². The molecule has 0 bridgehead atoms. The third kappa shape index (κ3) is 11.4. The van der Waals surface area contributed by atoms with E-state index in [1.54, 1.807) is 0 Å². The molecule has 0 unspecified atom stereocenters. The van der Waals surface area contributed by atoms with Gasteiger partial charge in [-0.1, -0.05) is 0 Å². The summed E-state index contributed by atoms with van der Waals surface area (Å²) >= 11 is -2.63.